The van der Waals surface area contributed by atoms with Crippen molar-refractivity contribution in [1.82, 2.24) is 19.8 Å². The first-order valence-electron chi connectivity index (χ1n) is 8.92. The van der Waals surface area contributed by atoms with Crippen LogP contribution in [0.3, 0.4) is 0 Å². The molecule has 1 aliphatic rings. The lowest BCUT2D eigenvalue weighted by molar-refractivity contribution is 0.155. The van der Waals surface area contributed by atoms with Crippen LogP contribution in [0.4, 0.5) is 10.6 Å². The number of nitrogens with zero attached hydrogens (tertiary/aromatic N) is 5. The SMILES string of the molecule is Cc1nc2nc(N3CCC(N(C)C(=O)N(C)C)CC3)ccc2c(C)c1Br. The number of aryl methyl sites for hydroxylation is 2. The molecular formula is C19H26BrN5O. The molecule has 1 aliphatic heterocycles. The predicted molar refractivity (Wildman–Crippen MR) is 109 cm³/mol. The molecule has 2 aromatic rings. The molecule has 0 N–H and O–H groups in total. The van der Waals surface area contributed by atoms with Crippen molar-refractivity contribution in [3.05, 3.63) is 27.9 Å². The zero-order valence-corrected chi connectivity index (χ0v) is 17.7. The fraction of sp³-hybridized carbons (Fsp3) is 0.526. The van der Waals surface area contributed by atoms with E-state index < -0.39 is 0 Å². The van der Waals surface area contributed by atoms with Gasteiger partial charge in [0.2, 0.25) is 0 Å². The summed E-state index contributed by atoms with van der Waals surface area (Å²) in [5.41, 5.74) is 2.93. The summed E-state index contributed by atoms with van der Waals surface area (Å²) in [7, 11) is 5.48. The van der Waals surface area contributed by atoms with Gasteiger partial charge >= 0.3 is 6.03 Å². The second-order valence-corrected chi connectivity index (χ2v) is 7.98. The van der Waals surface area contributed by atoms with Gasteiger partial charge in [0.05, 0.1) is 5.69 Å². The van der Waals surface area contributed by atoms with Gasteiger partial charge in [0.25, 0.3) is 0 Å². The Morgan fingerprint density at radius 1 is 1.15 bits per heavy atom. The van der Waals surface area contributed by atoms with Crippen LogP contribution in [0.1, 0.15) is 24.1 Å². The van der Waals surface area contributed by atoms with Gasteiger partial charge in [-0.2, -0.15) is 0 Å². The first-order valence-corrected chi connectivity index (χ1v) is 9.71. The van der Waals surface area contributed by atoms with Gasteiger partial charge in [-0.25, -0.2) is 14.8 Å². The number of aromatic nitrogens is 2. The summed E-state index contributed by atoms with van der Waals surface area (Å²) < 4.78 is 1.05. The Morgan fingerprint density at radius 2 is 1.81 bits per heavy atom. The van der Waals surface area contributed by atoms with E-state index in [1.165, 1.54) is 5.56 Å². The third-order valence-electron chi connectivity index (χ3n) is 5.21. The monoisotopic (exact) mass is 419 g/mol. The predicted octanol–water partition coefficient (Wildman–Crippen LogP) is 3.59. The Morgan fingerprint density at radius 3 is 2.42 bits per heavy atom. The van der Waals surface area contributed by atoms with Gasteiger partial charge in [0, 0.05) is 50.1 Å². The molecule has 0 atom stereocenters. The number of urea groups is 1. The molecule has 1 fully saturated rings. The summed E-state index contributed by atoms with van der Waals surface area (Å²) >= 11 is 3.60. The number of halogens is 1. The van der Waals surface area contributed by atoms with Crippen LogP contribution >= 0.6 is 15.9 Å². The molecule has 0 spiro atoms. The highest BCUT2D eigenvalue weighted by Gasteiger charge is 2.26. The van der Waals surface area contributed by atoms with E-state index in [4.69, 9.17) is 4.98 Å². The minimum Gasteiger partial charge on any atom is -0.356 e. The molecule has 0 aliphatic carbocycles. The summed E-state index contributed by atoms with van der Waals surface area (Å²) in [6, 6.07) is 4.53. The van der Waals surface area contributed by atoms with Crippen molar-refractivity contribution in [3.63, 3.8) is 0 Å². The molecule has 0 unspecified atom stereocenters. The van der Waals surface area contributed by atoms with E-state index in [2.05, 4.69) is 44.9 Å². The maximum absolute atomic E-state index is 12.1. The molecule has 3 heterocycles. The summed E-state index contributed by atoms with van der Waals surface area (Å²) in [6.45, 7) is 5.87. The Hall–Kier alpha value is -1.89. The number of carbonyl (C=O) groups excluding carboxylic acids is 1. The van der Waals surface area contributed by atoms with Crippen molar-refractivity contribution in [2.24, 2.45) is 0 Å². The number of pyridine rings is 2. The van der Waals surface area contributed by atoms with E-state index >= 15 is 0 Å². The molecule has 6 nitrogen and oxygen atoms in total. The number of amides is 2. The molecule has 0 bridgehead atoms. The number of anilines is 1. The van der Waals surface area contributed by atoms with Crippen LogP contribution in [0.25, 0.3) is 11.0 Å². The standard InChI is InChI=1S/C19H26BrN5O/c1-12-15-6-7-16(22-18(15)21-13(2)17(12)20)25-10-8-14(9-11-25)24(5)19(26)23(3)4/h6-7,14H,8-11H2,1-5H3. The second-order valence-electron chi connectivity index (χ2n) is 7.18. The van der Waals surface area contributed by atoms with Gasteiger partial charge in [-0.05, 0) is 60.3 Å². The normalized spacial score (nSPS) is 15.4. The van der Waals surface area contributed by atoms with E-state index in [0.717, 1.165) is 52.9 Å². The fourth-order valence-corrected chi connectivity index (χ4v) is 3.85. The van der Waals surface area contributed by atoms with Crippen molar-refractivity contribution in [3.8, 4) is 0 Å². The maximum Gasteiger partial charge on any atom is 0.319 e. The molecule has 3 rings (SSSR count). The van der Waals surface area contributed by atoms with Crippen LogP contribution in [0.5, 0.6) is 0 Å². The quantitative estimate of drug-likeness (QED) is 0.745. The zero-order chi connectivity index (χ0) is 19.0. The summed E-state index contributed by atoms with van der Waals surface area (Å²) in [6.07, 6.45) is 1.89. The van der Waals surface area contributed by atoms with Gasteiger partial charge in [-0.1, -0.05) is 0 Å². The lowest BCUT2D eigenvalue weighted by Crippen LogP contribution is -2.48. The number of piperidine rings is 1. The molecular weight excluding hydrogens is 394 g/mol. The highest BCUT2D eigenvalue weighted by Crippen LogP contribution is 2.28. The van der Waals surface area contributed by atoms with Gasteiger partial charge in [0.1, 0.15) is 5.82 Å². The molecule has 7 heteroatoms. The Labute approximate surface area is 163 Å². The second kappa shape index (κ2) is 7.39. The Balaban J connectivity index is 1.75. The molecule has 2 aromatic heterocycles. The third kappa shape index (κ3) is 3.49. The van der Waals surface area contributed by atoms with Crippen LogP contribution in [0.15, 0.2) is 16.6 Å². The van der Waals surface area contributed by atoms with Crippen LogP contribution in [-0.4, -0.2) is 66.1 Å². The molecule has 140 valence electrons. The molecule has 26 heavy (non-hydrogen) atoms. The third-order valence-corrected chi connectivity index (χ3v) is 6.37. The molecule has 1 saturated heterocycles. The van der Waals surface area contributed by atoms with E-state index in [-0.39, 0.29) is 12.1 Å². The highest BCUT2D eigenvalue weighted by atomic mass is 79.9. The van der Waals surface area contributed by atoms with Gasteiger partial charge < -0.3 is 14.7 Å². The Bertz CT molecular complexity index is 830. The maximum atomic E-state index is 12.1. The van der Waals surface area contributed by atoms with Crippen LogP contribution in [-0.2, 0) is 0 Å². The lowest BCUT2D eigenvalue weighted by Gasteiger charge is -2.38. The average Bonchev–Trinajstić information content (AvgIpc) is 2.64. The molecule has 2 amide bonds. The first kappa shape index (κ1) is 18.9. The topological polar surface area (TPSA) is 52.6 Å². The summed E-state index contributed by atoms with van der Waals surface area (Å²) in [5, 5.41) is 1.08. The first-order chi connectivity index (χ1) is 12.3. The smallest absolute Gasteiger partial charge is 0.319 e. The summed E-state index contributed by atoms with van der Waals surface area (Å²) in [4.78, 5) is 27.4. The molecule has 0 radical (unpaired) electrons. The van der Waals surface area contributed by atoms with Crippen molar-refractivity contribution < 1.29 is 4.79 Å². The largest absolute Gasteiger partial charge is 0.356 e. The lowest BCUT2D eigenvalue weighted by atomic mass is 10.0. The fourth-order valence-electron chi connectivity index (χ4n) is 3.54. The number of hydrogen-bond acceptors (Lipinski definition) is 4. The van der Waals surface area contributed by atoms with Gasteiger partial charge in [-0.3, -0.25) is 0 Å². The number of hydrogen-bond donors (Lipinski definition) is 0. The molecule has 0 aromatic carbocycles. The van der Waals surface area contributed by atoms with Crippen molar-refractivity contribution in [2.45, 2.75) is 32.7 Å². The van der Waals surface area contributed by atoms with E-state index in [1.54, 1.807) is 19.0 Å². The molecule has 0 saturated carbocycles. The number of carbonyl (C=O) groups is 1. The van der Waals surface area contributed by atoms with Crippen molar-refractivity contribution in [1.29, 1.82) is 0 Å². The van der Waals surface area contributed by atoms with Gasteiger partial charge in [-0.15, -0.1) is 0 Å². The minimum atomic E-state index is 0.0630. The van der Waals surface area contributed by atoms with Crippen molar-refractivity contribution in [2.75, 3.05) is 39.1 Å². The van der Waals surface area contributed by atoms with E-state index in [1.807, 2.05) is 18.9 Å². The minimum absolute atomic E-state index is 0.0630. The number of fused-ring (bicyclic) bond motifs is 1. The van der Waals surface area contributed by atoms with Crippen LogP contribution in [0, 0.1) is 13.8 Å². The van der Waals surface area contributed by atoms with Crippen molar-refractivity contribution >= 4 is 38.8 Å². The Kier molecular flexibility index (Phi) is 5.37. The number of rotatable bonds is 2. The average molecular weight is 420 g/mol. The zero-order valence-electron chi connectivity index (χ0n) is 16.1. The van der Waals surface area contributed by atoms with Crippen LogP contribution < -0.4 is 4.90 Å². The van der Waals surface area contributed by atoms with E-state index in [9.17, 15) is 4.79 Å². The van der Waals surface area contributed by atoms with Crippen LogP contribution in [0.2, 0.25) is 0 Å². The summed E-state index contributed by atoms with van der Waals surface area (Å²) in [5.74, 6) is 0.964. The van der Waals surface area contributed by atoms with Gasteiger partial charge in [0.15, 0.2) is 5.65 Å². The van der Waals surface area contributed by atoms with E-state index in [0.29, 0.717) is 0 Å². The highest BCUT2D eigenvalue weighted by molar-refractivity contribution is 9.10.